The van der Waals surface area contributed by atoms with Crippen molar-refractivity contribution < 1.29 is 14.3 Å². The third kappa shape index (κ3) is 2.03. The number of Topliss-reactive ketones (excluding diaryl/α,β-unsaturated/α-hetero) is 1. The molecule has 0 aromatic carbocycles. The zero-order chi connectivity index (χ0) is 12.6. The van der Waals surface area contributed by atoms with Crippen molar-refractivity contribution in [3.8, 4) is 0 Å². The first-order valence-corrected chi connectivity index (χ1v) is 6.36. The van der Waals surface area contributed by atoms with Crippen LogP contribution in [0.2, 0.25) is 0 Å². The highest BCUT2D eigenvalue weighted by Crippen LogP contribution is 2.49. The van der Waals surface area contributed by atoms with Crippen LogP contribution in [0.5, 0.6) is 0 Å². The van der Waals surface area contributed by atoms with E-state index in [4.69, 9.17) is 4.74 Å². The highest BCUT2D eigenvalue weighted by atomic mass is 16.5. The Morgan fingerprint density at radius 1 is 1.41 bits per heavy atom. The molecule has 3 heteroatoms. The van der Waals surface area contributed by atoms with Crippen LogP contribution in [-0.2, 0) is 14.3 Å². The number of carbonyl (C=O) groups excluding carboxylic acids is 2. The number of rotatable bonds is 1. The van der Waals surface area contributed by atoms with E-state index in [0.29, 0.717) is 6.42 Å². The molecule has 2 aliphatic rings. The quantitative estimate of drug-likeness (QED) is 0.657. The van der Waals surface area contributed by atoms with Gasteiger partial charge in [-0.1, -0.05) is 12.5 Å². The molecule has 1 fully saturated rings. The molecule has 0 spiro atoms. The summed E-state index contributed by atoms with van der Waals surface area (Å²) in [6.45, 7) is 5.53. The minimum Gasteiger partial charge on any atom is -0.462 e. The van der Waals surface area contributed by atoms with Gasteiger partial charge in [-0.05, 0) is 38.2 Å². The number of fused-ring (bicyclic) bond motifs is 1. The van der Waals surface area contributed by atoms with E-state index in [1.54, 1.807) is 0 Å². The maximum Gasteiger partial charge on any atom is 0.302 e. The molecule has 0 amide bonds. The molecule has 0 saturated heterocycles. The lowest BCUT2D eigenvalue weighted by Crippen LogP contribution is -2.43. The van der Waals surface area contributed by atoms with Crippen molar-refractivity contribution >= 4 is 11.8 Å². The Balaban J connectivity index is 2.35. The van der Waals surface area contributed by atoms with Crippen LogP contribution in [0, 0.1) is 5.41 Å². The van der Waals surface area contributed by atoms with Gasteiger partial charge in [-0.3, -0.25) is 9.59 Å². The normalized spacial score (nSPS) is 33.4. The van der Waals surface area contributed by atoms with Gasteiger partial charge < -0.3 is 4.74 Å². The Kier molecular flexibility index (Phi) is 3.11. The fraction of sp³-hybridized carbons (Fsp3) is 0.714. The van der Waals surface area contributed by atoms with E-state index in [9.17, 15) is 9.59 Å². The van der Waals surface area contributed by atoms with Gasteiger partial charge in [0.2, 0.25) is 0 Å². The second-order valence-corrected chi connectivity index (χ2v) is 5.43. The Morgan fingerprint density at radius 3 is 2.76 bits per heavy atom. The summed E-state index contributed by atoms with van der Waals surface area (Å²) in [7, 11) is 0. The summed E-state index contributed by atoms with van der Waals surface area (Å²) in [4.78, 5) is 22.9. The van der Waals surface area contributed by atoms with Gasteiger partial charge in [0.05, 0.1) is 0 Å². The van der Waals surface area contributed by atoms with E-state index >= 15 is 0 Å². The second kappa shape index (κ2) is 4.28. The van der Waals surface area contributed by atoms with Gasteiger partial charge in [0.15, 0.2) is 5.78 Å². The van der Waals surface area contributed by atoms with E-state index in [-0.39, 0.29) is 23.3 Å². The number of hydrogen-bond acceptors (Lipinski definition) is 3. The molecule has 0 N–H and O–H groups in total. The summed E-state index contributed by atoms with van der Waals surface area (Å²) in [5.74, 6) is 0.0491. The lowest BCUT2D eigenvalue weighted by atomic mass is 9.62. The summed E-state index contributed by atoms with van der Waals surface area (Å²) in [6, 6.07) is 0. The molecule has 1 saturated carbocycles. The predicted octanol–water partition coefficient (Wildman–Crippen LogP) is 2.79. The van der Waals surface area contributed by atoms with Gasteiger partial charge >= 0.3 is 5.97 Å². The Morgan fingerprint density at radius 2 is 2.12 bits per heavy atom. The zero-order valence-electron chi connectivity index (χ0n) is 10.8. The maximum absolute atomic E-state index is 11.8. The van der Waals surface area contributed by atoms with E-state index < -0.39 is 0 Å². The molecule has 2 aliphatic carbocycles. The molecule has 3 nitrogen and oxygen atoms in total. The van der Waals surface area contributed by atoms with Crippen LogP contribution in [0.3, 0.4) is 0 Å². The van der Waals surface area contributed by atoms with Crippen molar-refractivity contribution in [3.05, 3.63) is 11.1 Å². The summed E-state index contributed by atoms with van der Waals surface area (Å²) in [5.41, 5.74) is 2.03. The van der Waals surface area contributed by atoms with Crippen molar-refractivity contribution in [3.63, 3.8) is 0 Å². The lowest BCUT2D eigenvalue weighted by molar-refractivity contribution is -0.154. The SMILES string of the molecule is CC(=O)O[C@H]1CCCC2=C(C)C(=O)CC[C@@]21C. The molecule has 17 heavy (non-hydrogen) atoms. The van der Waals surface area contributed by atoms with Gasteiger partial charge in [-0.2, -0.15) is 0 Å². The Hall–Kier alpha value is -1.12. The molecule has 0 aromatic heterocycles. The van der Waals surface area contributed by atoms with Crippen molar-refractivity contribution in [2.45, 2.75) is 59.0 Å². The van der Waals surface area contributed by atoms with Crippen LogP contribution < -0.4 is 0 Å². The zero-order valence-corrected chi connectivity index (χ0v) is 10.8. The number of hydrogen-bond donors (Lipinski definition) is 0. The van der Waals surface area contributed by atoms with Crippen molar-refractivity contribution in [2.24, 2.45) is 5.41 Å². The van der Waals surface area contributed by atoms with Gasteiger partial charge in [-0.25, -0.2) is 0 Å². The van der Waals surface area contributed by atoms with Crippen LogP contribution in [0.4, 0.5) is 0 Å². The van der Waals surface area contributed by atoms with Crippen LogP contribution in [0.25, 0.3) is 0 Å². The molecule has 0 aliphatic heterocycles. The highest BCUT2D eigenvalue weighted by Gasteiger charge is 2.45. The van der Waals surface area contributed by atoms with Crippen molar-refractivity contribution in [2.75, 3.05) is 0 Å². The third-order valence-electron chi connectivity index (χ3n) is 4.34. The smallest absolute Gasteiger partial charge is 0.302 e. The molecule has 2 atom stereocenters. The number of esters is 1. The van der Waals surface area contributed by atoms with E-state index in [0.717, 1.165) is 31.3 Å². The fourth-order valence-electron chi connectivity index (χ4n) is 3.31. The standard InChI is InChI=1S/C14H20O3/c1-9-11-5-4-6-13(17-10(2)15)14(11,3)8-7-12(9)16/h13H,4-8H2,1-3H3/t13-,14-/m0/s1. The van der Waals surface area contributed by atoms with Gasteiger partial charge in [0.1, 0.15) is 6.10 Å². The van der Waals surface area contributed by atoms with Crippen molar-refractivity contribution in [1.82, 2.24) is 0 Å². The number of ketones is 1. The highest BCUT2D eigenvalue weighted by molar-refractivity contribution is 5.96. The average molecular weight is 236 g/mol. The van der Waals surface area contributed by atoms with E-state index in [2.05, 4.69) is 6.92 Å². The van der Waals surface area contributed by atoms with Gasteiger partial charge in [0, 0.05) is 18.8 Å². The Labute approximate surface area is 102 Å². The minimum atomic E-state index is -0.216. The molecule has 94 valence electrons. The first-order chi connectivity index (χ1) is 7.95. The lowest BCUT2D eigenvalue weighted by Gasteiger charge is -2.45. The summed E-state index contributed by atoms with van der Waals surface area (Å²) >= 11 is 0. The second-order valence-electron chi connectivity index (χ2n) is 5.43. The first kappa shape index (κ1) is 12.3. The maximum atomic E-state index is 11.8. The predicted molar refractivity (Wildman–Crippen MR) is 64.5 cm³/mol. The van der Waals surface area contributed by atoms with Gasteiger partial charge in [-0.15, -0.1) is 0 Å². The average Bonchev–Trinajstić information content (AvgIpc) is 2.26. The third-order valence-corrected chi connectivity index (χ3v) is 4.34. The molecule has 0 unspecified atom stereocenters. The van der Waals surface area contributed by atoms with Gasteiger partial charge in [0.25, 0.3) is 0 Å². The van der Waals surface area contributed by atoms with Crippen LogP contribution in [0.1, 0.15) is 52.9 Å². The van der Waals surface area contributed by atoms with Crippen LogP contribution >= 0.6 is 0 Å². The first-order valence-electron chi connectivity index (χ1n) is 6.36. The summed E-state index contributed by atoms with van der Waals surface area (Å²) in [6.07, 6.45) is 4.26. The largest absolute Gasteiger partial charge is 0.462 e. The monoisotopic (exact) mass is 236 g/mol. The molecular weight excluding hydrogens is 216 g/mol. The van der Waals surface area contributed by atoms with E-state index in [1.807, 2.05) is 6.92 Å². The number of allylic oxidation sites excluding steroid dienone is 1. The molecule has 0 bridgehead atoms. The van der Waals surface area contributed by atoms with E-state index in [1.165, 1.54) is 12.5 Å². The molecule has 0 radical (unpaired) electrons. The van der Waals surface area contributed by atoms with Crippen LogP contribution in [-0.4, -0.2) is 17.9 Å². The number of ether oxygens (including phenoxy) is 1. The summed E-state index contributed by atoms with van der Waals surface area (Å²) in [5, 5.41) is 0. The topological polar surface area (TPSA) is 43.4 Å². The molecular formula is C14H20O3. The minimum absolute atomic E-state index is 0.0493. The molecule has 0 heterocycles. The fourth-order valence-corrected chi connectivity index (χ4v) is 3.31. The number of carbonyl (C=O) groups is 2. The molecule has 0 aromatic rings. The van der Waals surface area contributed by atoms with Crippen molar-refractivity contribution in [1.29, 1.82) is 0 Å². The molecule has 2 rings (SSSR count). The Bertz CT molecular complexity index is 394. The summed E-state index contributed by atoms with van der Waals surface area (Å²) < 4.78 is 5.46. The van der Waals surface area contributed by atoms with Crippen LogP contribution in [0.15, 0.2) is 11.1 Å².